The monoisotopic (exact) mass is 378 g/mol. The van der Waals surface area contributed by atoms with Crippen molar-refractivity contribution in [3.05, 3.63) is 29.8 Å². The molecule has 2 unspecified atom stereocenters. The molecule has 0 bridgehead atoms. The number of carbonyl (C=O) groups is 1. The number of piperidine rings is 1. The van der Waals surface area contributed by atoms with Gasteiger partial charge in [0.25, 0.3) is 5.91 Å². The summed E-state index contributed by atoms with van der Waals surface area (Å²) in [6.45, 7) is 6.23. The highest BCUT2D eigenvalue weighted by Crippen LogP contribution is 2.36. The lowest BCUT2D eigenvalue weighted by Crippen LogP contribution is -2.49. The summed E-state index contributed by atoms with van der Waals surface area (Å²) >= 11 is 0. The predicted octanol–water partition coefficient (Wildman–Crippen LogP) is 3.56. The molecule has 3 rings (SSSR count). The third kappa shape index (κ3) is 4.29. The molecule has 1 saturated carbocycles. The number of amides is 1. The zero-order valence-electron chi connectivity index (χ0n) is 16.0. The Morgan fingerprint density at radius 2 is 1.65 bits per heavy atom. The maximum absolute atomic E-state index is 13.0. The number of benzene rings is 1. The van der Waals surface area contributed by atoms with Gasteiger partial charge in [0.05, 0.1) is 4.90 Å². The molecule has 2 atom stereocenters. The zero-order valence-corrected chi connectivity index (χ0v) is 16.8. The van der Waals surface area contributed by atoms with Gasteiger partial charge in [0.15, 0.2) is 0 Å². The zero-order chi connectivity index (χ0) is 18.9. The molecule has 1 heterocycles. The van der Waals surface area contributed by atoms with Crippen molar-refractivity contribution < 1.29 is 13.2 Å². The molecule has 5 nitrogen and oxygen atoms in total. The summed E-state index contributed by atoms with van der Waals surface area (Å²) in [7, 11) is -3.58. The normalized spacial score (nSPS) is 24.2. The first-order chi connectivity index (χ1) is 12.2. The van der Waals surface area contributed by atoms with Crippen molar-refractivity contribution in [3.63, 3.8) is 0 Å². The molecule has 0 spiro atoms. The van der Waals surface area contributed by atoms with Crippen LogP contribution in [-0.4, -0.2) is 37.4 Å². The van der Waals surface area contributed by atoms with Crippen LogP contribution >= 0.6 is 0 Å². The van der Waals surface area contributed by atoms with Crippen molar-refractivity contribution in [3.8, 4) is 0 Å². The van der Waals surface area contributed by atoms with Gasteiger partial charge in [-0.3, -0.25) is 4.79 Å². The Bertz CT molecular complexity index is 748. The quantitative estimate of drug-likeness (QED) is 0.874. The molecular weight excluding hydrogens is 348 g/mol. The summed E-state index contributed by atoms with van der Waals surface area (Å²) in [4.78, 5) is 15.2. The molecule has 0 radical (unpaired) electrons. The topological polar surface area (TPSA) is 66.5 Å². The molecular formula is C20H30N2O3S. The maximum Gasteiger partial charge on any atom is 0.254 e. The number of rotatable bonds is 3. The average Bonchev–Trinajstić information content (AvgIpc) is 2.59. The molecule has 1 aromatic rings. The highest BCUT2D eigenvalue weighted by Gasteiger charge is 2.36. The van der Waals surface area contributed by atoms with Crippen LogP contribution in [0.1, 0.15) is 69.7 Å². The third-order valence-corrected chi connectivity index (χ3v) is 7.13. The standard InChI is InChI=1S/C20H30N2O3S/c1-20(2,3)21-26(24,25)17-12-10-16(11-13-17)19(23)22-14-6-8-15-7-4-5-9-18(15)22/h10-13,15,18,21H,4-9,14H2,1-3H3. The molecule has 2 aliphatic rings. The fourth-order valence-electron chi connectivity index (χ4n) is 4.28. The van der Waals surface area contributed by atoms with E-state index in [1.165, 1.54) is 37.8 Å². The number of hydrogen-bond acceptors (Lipinski definition) is 3. The first kappa shape index (κ1) is 19.4. The number of nitrogens with one attached hydrogen (secondary N) is 1. The Kier molecular flexibility index (Phi) is 5.45. The van der Waals surface area contributed by atoms with Crippen molar-refractivity contribution in [2.24, 2.45) is 5.92 Å². The van der Waals surface area contributed by atoms with Gasteiger partial charge in [-0.1, -0.05) is 12.8 Å². The van der Waals surface area contributed by atoms with Gasteiger partial charge in [0.1, 0.15) is 0 Å². The maximum atomic E-state index is 13.0. The van der Waals surface area contributed by atoms with Gasteiger partial charge in [-0.2, -0.15) is 0 Å². The molecule has 1 aromatic carbocycles. The van der Waals surface area contributed by atoms with E-state index in [4.69, 9.17) is 0 Å². The minimum absolute atomic E-state index is 0.0364. The summed E-state index contributed by atoms with van der Waals surface area (Å²) in [5.41, 5.74) is 0.0304. The van der Waals surface area contributed by atoms with Crippen molar-refractivity contribution >= 4 is 15.9 Å². The van der Waals surface area contributed by atoms with E-state index in [0.717, 1.165) is 19.4 Å². The van der Waals surface area contributed by atoms with Crippen molar-refractivity contribution in [2.75, 3.05) is 6.54 Å². The van der Waals surface area contributed by atoms with Crippen LogP contribution in [0.3, 0.4) is 0 Å². The van der Waals surface area contributed by atoms with Crippen LogP contribution in [0.25, 0.3) is 0 Å². The van der Waals surface area contributed by atoms with E-state index >= 15 is 0 Å². The number of fused-ring (bicyclic) bond motifs is 1. The van der Waals surface area contributed by atoms with E-state index in [1.54, 1.807) is 32.9 Å². The van der Waals surface area contributed by atoms with E-state index in [0.29, 0.717) is 17.5 Å². The minimum atomic E-state index is -3.58. The molecule has 144 valence electrons. The summed E-state index contributed by atoms with van der Waals surface area (Å²) in [6, 6.07) is 6.71. The second-order valence-electron chi connectivity index (χ2n) is 8.63. The van der Waals surface area contributed by atoms with E-state index < -0.39 is 15.6 Å². The summed E-state index contributed by atoms with van der Waals surface area (Å²) in [5, 5.41) is 0. The Labute approximate surface area is 157 Å². The van der Waals surface area contributed by atoms with Crippen LogP contribution in [-0.2, 0) is 10.0 Å². The van der Waals surface area contributed by atoms with E-state index in [9.17, 15) is 13.2 Å². The molecule has 0 aromatic heterocycles. The lowest BCUT2D eigenvalue weighted by molar-refractivity contribution is 0.0390. The fourth-order valence-corrected chi connectivity index (χ4v) is 5.70. The Morgan fingerprint density at radius 1 is 1.04 bits per heavy atom. The number of sulfonamides is 1. The minimum Gasteiger partial charge on any atom is -0.335 e. The average molecular weight is 379 g/mol. The smallest absolute Gasteiger partial charge is 0.254 e. The van der Waals surface area contributed by atoms with Crippen molar-refractivity contribution in [1.82, 2.24) is 9.62 Å². The predicted molar refractivity (Wildman–Crippen MR) is 103 cm³/mol. The molecule has 1 amide bonds. The molecule has 2 fully saturated rings. The number of nitrogens with zero attached hydrogens (tertiary/aromatic N) is 1. The summed E-state index contributed by atoms with van der Waals surface area (Å²) < 4.78 is 27.5. The van der Waals surface area contributed by atoms with Gasteiger partial charge >= 0.3 is 0 Å². The molecule has 1 saturated heterocycles. The Morgan fingerprint density at radius 3 is 2.31 bits per heavy atom. The second-order valence-corrected chi connectivity index (χ2v) is 10.3. The van der Waals surface area contributed by atoms with Gasteiger partial charge in [-0.25, -0.2) is 13.1 Å². The van der Waals surface area contributed by atoms with Gasteiger partial charge in [0.2, 0.25) is 10.0 Å². The molecule has 6 heteroatoms. The fraction of sp³-hybridized carbons (Fsp3) is 0.650. The highest BCUT2D eigenvalue weighted by atomic mass is 32.2. The molecule has 1 aliphatic carbocycles. The van der Waals surface area contributed by atoms with E-state index in [1.807, 2.05) is 4.90 Å². The van der Waals surface area contributed by atoms with Gasteiger partial charge < -0.3 is 4.90 Å². The molecule has 1 N–H and O–H groups in total. The SMILES string of the molecule is CC(C)(C)NS(=O)(=O)c1ccc(C(=O)N2CCCC3CCCCC32)cc1. The number of likely N-dealkylation sites (tertiary alicyclic amines) is 1. The molecule has 1 aliphatic heterocycles. The van der Waals surface area contributed by atoms with Crippen LogP contribution in [0.5, 0.6) is 0 Å². The van der Waals surface area contributed by atoms with Crippen LogP contribution < -0.4 is 4.72 Å². The van der Waals surface area contributed by atoms with Gasteiger partial charge in [0, 0.05) is 23.7 Å². The van der Waals surface area contributed by atoms with Crippen molar-refractivity contribution in [2.45, 2.75) is 75.8 Å². The largest absolute Gasteiger partial charge is 0.335 e. The van der Waals surface area contributed by atoms with Crippen LogP contribution in [0.2, 0.25) is 0 Å². The Balaban J connectivity index is 1.77. The van der Waals surface area contributed by atoms with Crippen LogP contribution in [0, 0.1) is 5.92 Å². The number of hydrogen-bond donors (Lipinski definition) is 1. The third-order valence-electron chi connectivity index (χ3n) is 5.36. The van der Waals surface area contributed by atoms with Gasteiger partial charge in [-0.15, -0.1) is 0 Å². The second kappa shape index (κ2) is 7.31. The van der Waals surface area contributed by atoms with Crippen molar-refractivity contribution in [1.29, 1.82) is 0 Å². The lowest BCUT2D eigenvalue weighted by atomic mass is 9.78. The summed E-state index contributed by atoms with van der Waals surface area (Å²) in [6.07, 6.45) is 7.08. The molecule has 26 heavy (non-hydrogen) atoms. The van der Waals surface area contributed by atoms with Gasteiger partial charge in [-0.05, 0) is 76.6 Å². The summed E-state index contributed by atoms with van der Waals surface area (Å²) in [5.74, 6) is 0.673. The van der Waals surface area contributed by atoms with Crippen LogP contribution in [0.4, 0.5) is 0 Å². The van der Waals surface area contributed by atoms with Crippen LogP contribution in [0.15, 0.2) is 29.2 Å². The Hall–Kier alpha value is -1.40. The first-order valence-corrected chi connectivity index (χ1v) is 11.1. The van der Waals surface area contributed by atoms with E-state index in [-0.39, 0.29) is 10.8 Å². The number of carbonyl (C=O) groups excluding carboxylic acids is 1. The first-order valence-electron chi connectivity index (χ1n) is 9.62. The highest BCUT2D eigenvalue weighted by molar-refractivity contribution is 7.89. The van der Waals surface area contributed by atoms with E-state index in [2.05, 4.69) is 4.72 Å². The lowest BCUT2D eigenvalue weighted by Gasteiger charge is -2.44.